The van der Waals surface area contributed by atoms with Crippen molar-refractivity contribution in [2.45, 2.75) is 73.0 Å². The van der Waals surface area contributed by atoms with Gasteiger partial charge in [-0.1, -0.05) is 40.5 Å². The van der Waals surface area contributed by atoms with Crippen LogP contribution in [0.3, 0.4) is 0 Å². The first-order valence-corrected chi connectivity index (χ1v) is 7.26. The Morgan fingerprint density at radius 1 is 1.11 bits per heavy atom. The van der Waals surface area contributed by atoms with Crippen LogP contribution in [0.4, 0.5) is 4.79 Å². The van der Waals surface area contributed by atoms with Crippen molar-refractivity contribution in [3.05, 3.63) is 0 Å². The third-order valence-corrected chi connectivity index (χ3v) is 3.76. The zero-order valence-corrected chi connectivity index (χ0v) is 13.2. The van der Waals surface area contributed by atoms with Crippen LogP contribution in [0.1, 0.15) is 60.8 Å². The molecule has 3 heteroatoms. The van der Waals surface area contributed by atoms with Crippen molar-refractivity contribution in [2.24, 2.45) is 11.8 Å². The fourth-order valence-corrected chi connectivity index (χ4v) is 2.04. The van der Waals surface area contributed by atoms with Gasteiger partial charge in [-0.25, -0.2) is 4.79 Å². The molecule has 0 saturated heterocycles. The van der Waals surface area contributed by atoms with E-state index in [1.165, 1.54) is 0 Å². The maximum absolute atomic E-state index is 12.0. The van der Waals surface area contributed by atoms with E-state index in [0.717, 1.165) is 19.3 Å². The maximum atomic E-state index is 12.0. The molecule has 0 aliphatic rings. The topological polar surface area (TPSA) is 29.5 Å². The van der Waals surface area contributed by atoms with Crippen LogP contribution in [0.5, 0.6) is 0 Å². The molecule has 0 saturated carbocycles. The molecule has 18 heavy (non-hydrogen) atoms. The summed E-state index contributed by atoms with van der Waals surface area (Å²) in [6.45, 7) is 12.6. The average molecular weight is 257 g/mol. The summed E-state index contributed by atoms with van der Waals surface area (Å²) >= 11 is 0. The first-order valence-electron chi connectivity index (χ1n) is 7.26. The first-order chi connectivity index (χ1) is 8.33. The highest BCUT2D eigenvalue weighted by Crippen LogP contribution is 2.23. The van der Waals surface area contributed by atoms with Crippen molar-refractivity contribution in [1.29, 1.82) is 0 Å². The molecule has 0 heterocycles. The summed E-state index contributed by atoms with van der Waals surface area (Å²) in [6.07, 6.45) is 3.04. The lowest BCUT2D eigenvalue weighted by Gasteiger charge is -2.34. The van der Waals surface area contributed by atoms with E-state index in [0.29, 0.717) is 11.8 Å². The summed E-state index contributed by atoms with van der Waals surface area (Å²) in [4.78, 5) is 13.8. The van der Waals surface area contributed by atoms with E-state index in [1.54, 1.807) is 4.90 Å². The van der Waals surface area contributed by atoms with E-state index >= 15 is 0 Å². The summed E-state index contributed by atoms with van der Waals surface area (Å²) in [5, 5.41) is 0. The maximum Gasteiger partial charge on any atom is 0.410 e. The summed E-state index contributed by atoms with van der Waals surface area (Å²) in [5.74, 6) is 1.14. The van der Waals surface area contributed by atoms with Gasteiger partial charge in [-0.05, 0) is 32.1 Å². The minimum atomic E-state index is -0.196. The molecule has 0 bridgehead atoms. The molecule has 0 N–H and O–H groups in total. The Hall–Kier alpha value is -0.730. The number of ether oxygens (including phenoxy) is 1. The highest BCUT2D eigenvalue weighted by Gasteiger charge is 2.27. The van der Waals surface area contributed by atoms with Crippen molar-refractivity contribution >= 4 is 6.09 Å². The van der Waals surface area contributed by atoms with Gasteiger partial charge in [0.1, 0.15) is 0 Å². The third kappa shape index (κ3) is 5.74. The van der Waals surface area contributed by atoms with Crippen LogP contribution in [-0.2, 0) is 4.74 Å². The smallest absolute Gasteiger partial charge is 0.410 e. The Morgan fingerprint density at radius 2 is 1.67 bits per heavy atom. The normalized spacial score (nSPS) is 16.2. The molecule has 3 atom stereocenters. The molecule has 0 aliphatic carbocycles. The van der Waals surface area contributed by atoms with Crippen LogP contribution in [0.15, 0.2) is 0 Å². The van der Waals surface area contributed by atoms with Crippen LogP contribution in [0, 0.1) is 11.8 Å². The van der Waals surface area contributed by atoms with Crippen molar-refractivity contribution < 1.29 is 9.53 Å². The molecule has 0 aromatic rings. The van der Waals surface area contributed by atoms with Gasteiger partial charge in [0.05, 0.1) is 6.10 Å². The molecule has 1 amide bonds. The highest BCUT2D eigenvalue weighted by atomic mass is 16.6. The van der Waals surface area contributed by atoms with Gasteiger partial charge in [0.2, 0.25) is 0 Å². The molecule has 0 aliphatic heterocycles. The van der Waals surface area contributed by atoms with Gasteiger partial charge < -0.3 is 9.64 Å². The molecular formula is C15H31NO2. The summed E-state index contributed by atoms with van der Waals surface area (Å²) in [7, 11) is 1.86. The first kappa shape index (κ1) is 17.3. The van der Waals surface area contributed by atoms with E-state index < -0.39 is 0 Å². The lowest BCUT2D eigenvalue weighted by atomic mass is 9.89. The number of rotatable bonds is 7. The van der Waals surface area contributed by atoms with Crippen LogP contribution >= 0.6 is 0 Å². The molecule has 0 aromatic heterocycles. The SMILES string of the molecule is CCC(C)CC(C(C)CC)N(C)C(=O)OC(C)C. The third-order valence-electron chi connectivity index (χ3n) is 3.76. The second-order valence-corrected chi connectivity index (χ2v) is 5.75. The molecule has 0 fully saturated rings. The fraction of sp³-hybridized carbons (Fsp3) is 0.933. The molecular weight excluding hydrogens is 226 g/mol. The number of hydrogen-bond donors (Lipinski definition) is 0. The van der Waals surface area contributed by atoms with Crippen LogP contribution in [-0.4, -0.2) is 30.2 Å². The Labute approximate surface area is 113 Å². The number of nitrogens with zero attached hydrogens (tertiary/aromatic N) is 1. The predicted molar refractivity (Wildman–Crippen MR) is 76.7 cm³/mol. The molecule has 3 unspecified atom stereocenters. The summed E-state index contributed by atoms with van der Waals surface area (Å²) in [5.41, 5.74) is 0. The Balaban J connectivity index is 4.68. The fourth-order valence-electron chi connectivity index (χ4n) is 2.04. The van der Waals surface area contributed by atoms with Crippen molar-refractivity contribution in [1.82, 2.24) is 4.90 Å². The van der Waals surface area contributed by atoms with E-state index in [-0.39, 0.29) is 18.2 Å². The van der Waals surface area contributed by atoms with Gasteiger partial charge in [-0.2, -0.15) is 0 Å². The van der Waals surface area contributed by atoms with Gasteiger partial charge in [-0.3, -0.25) is 0 Å². The van der Waals surface area contributed by atoms with E-state index in [9.17, 15) is 4.79 Å². The molecule has 3 nitrogen and oxygen atoms in total. The Bertz CT molecular complexity index is 241. The van der Waals surface area contributed by atoms with Gasteiger partial charge >= 0.3 is 6.09 Å². The lowest BCUT2D eigenvalue weighted by molar-refractivity contribution is 0.0582. The summed E-state index contributed by atoms with van der Waals surface area (Å²) in [6, 6.07) is 0.274. The number of amides is 1. The van der Waals surface area contributed by atoms with Crippen molar-refractivity contribution in [3.63, 3.8) is 0 Å². The molecule has 0 radical (unpaired) electrons. The Morgan fingerprint density at radius 3 is 2.06 bits per heavy atom. The number of hydrogen-bond acceptors (Lipinski definition) is 2. The zero-order chi connectivity index (χ0) is 14.3. The van der Waals surface area contributed by atoms with E-state index in [1.807, 2.05) is 20.9 Å². The highest BCUT2D eigenvalue weighted by molar-refractivity contribution is 5.67. The monoisotopic (exact) mass is 257 g/mol. The second kappa shape index (κ2) is 8.39. The molecule has 0 spiro atoms. The van der Waals surface area contributed by atoms with E-state index in [2.05, 4.69) is 27.7 Å². The molecule has 108 valence electrons. The summed E-state index contributed by atoms with van der Waals surface area (Å²) < 4.78 is 5.29. The Kier molecular flexibility index (Phi) is 8.05. The zero-order valence-electron chi connectivity index (χ0n) is 13.2. The van der Waals surface area contributed by atoms with E-state index in [4.69, 9.17) is 4.74 Å². The van der Waals surface area contributed by atoms with Gasteiger partial charge in [0.25, 0.3) is 0 Å². The minimum Gasteiger partial charge on any atom is -0.447 e. The average Bonchev–Trinajstić information content (AvgIpc) is 2.32. The van der Waals surface area contributed by atoms with Crippen LogP contribution < -0.4 is 0 Å². The van der Waals surface area contributed by atoms with Crippen LogP contribution in [0.2, 0.25) is 0 Å². The number of carbonyl (C=O) groups is 1. The van der Waals surface area contributed by atoms with Crippen molar-refractivity contribution in [3.8, 4) is 0 Å². The van der Waals surface area contributed by atoms with Gasteiger partial charge in [0, 0.05) is 13.1 Å². The minimum absolute atomic E-state index is 0.0545. The van der Waals surface area contributed by atoms with Crippen LogP contribution in [0.25, 0.3) is 0 Å². The molecule has 0 aromatic carbocycles. The number of carbonyl (C=O) groups excluding carboxylic acids is 1. The predicted octanol–water partition coefficient (Wildman–Crippen LogP) is 4.31. The van der Waals surface area contributed by atoms with Gasteiger partial charge in [-0.15, -0.1) is 0 Å². The van der Waals surface area contributed by atoms with Gasteiger partial charge in [0.15, 0.2) is 0 Å². The molecule has 0 rings (SSSR count). The quantitative estimate of drug-likeness (QED) is 0.680. The standard InChI is InChI=1S/C15H31NO2/c1-8-12(5)10-14(13(6)9-2)16(7)15(17)18-11(3)4/h11-14H,8-10H2,1-7H3. The largest absolute Gasteiger partial charge is 0.447 e. The van der Waals surface area contributed by atoms with Crippen molar-refractivity contribution in [2.75, 3.05) is 7.05 Å². The lowest BCUT2D eigenvalue weighted by Crippen LogP contribution is -2.43. The second-order valence-electron chi connectivity index (χ2n) is 5.75.